The zero-order valence-corrected chi connectivity index (χ0v) is 9.53. The smallest absolute Gasteiger partial charge is 0.305 e. The van der Waals surface area contributed by atoms with E-state index in [0.29, 0.717) is 32.8 Å². The summed E-state index contributed by atoms with van der Waals surface area (Å²) in [6.45, 7) is 3.68. The van der Waals surface area contributed by atoms with Gasteiger partial charge in [0.05, 0.1) is 32.8 Å². The Morgan fingerprint density at radius 3 is 2.31 bits per heavy atom. The molecule has 0 aromatic rings. The van der Waals surface area contributed by atoms with Crippen molar-refractivity contribution in [2.75, 3.05) is 33.0 Å². The number of hydrogen-bond acceptors (Lipinski definition) is 4. The van der Waals surface area contributed by atoms with Gasteiger partial charge in [-0.05, 0) is 0 Å². The number of carbonyl (C=O) groups is 2. The Balaban J connectivity index is 3.04. The van der Waals surface area contributed by atoms with Crippen molar-refractivity contribution >= 4 is 11.9 Å². The first-order valence-corrected chi connectivity index (χ1v) is 5.30. The van der Waals surface area contributed by atoms with Crippen LogP contribution in [-0.4, -0.2) is 50.0 Å². The van der Waals surface area contributed by atoms with Crippen LogP contribution in [0.1, 0.15) is 19.8 Å². The van der Waals surface area contributed by atoms with Gasteiger partial charge in [-0.2, -0.15) is 0 Å². The van der Waals surface area contributed by atoms with Gasteiger partial charge in [0.15, 0.2) is 0 Å². The van der Waals surface area contributed by atoms with Gasteiger partial charge in [-0.3, -0.25) is 9.59 Å². The van der Waals surface area contributed by atoms with Crippen LogP contribution in [0.25, 0.3) is 0 Å². The van der Waals surface area contributed by atoms with Gasteiger partial charge in [-0.15, -0.1) is 0 Å². The van der Waals surface area contributed by atoms with Gasteiger partial charge < -0.3 is 19.9 Å². The van der Waals surface area contributed by atoms with Gasteiger partial charge in [0.1, 0.15) is 0 Å². The van der Waals surface area contributed by atoms with E-state index >= 15 is 0 Å². The molecule has 6 nitrogen and oxygen atoms in total. The Morgan fingerprint density at radius 2 is 1.75 bits per heavy atom. The number of nitrogens with one attached hydrogen (secondary N) is 1. The molecule has 2 N–H and O–H groups in total. The van der Waals surface area contributed by atoms with Crippen LogP contribution >= 0.6 is 0 Å². The molecule has 1 amide bonds. The molecule has 0 aliphatic carbocycles. The topological polar surface area (TPSA) is 84.9 Å². The Hall–Kier alpha value is -1.14. The van der Waals surface area contributed by atoms with E-state index < -0.39 is 5.97 Å². The number of carboxylic acids is 1. The molecular formula is C10H19NO5. The van der Waals surface area contributed by atoms with E-state index in [-0.39, 0.29) is 18.9 Å². The largest absolute Gasteiger partial charge is 0.481 e. The summed E-state index contributed by atoms with van der Waals surface area (Å²) < 4.78 is 10.1. The number of carbonyl (C=O) groups excluding carboxylic acids is 1. The molecule has 16 heavy (non-hydrogen) atoms. The number of aliphatic carboxylic acids is 1. The van der Waals surface area contributed by atoms with Crippen LogP contribution in [0.4, 0.5) is 0 Å². The van der Waals surface area contributed by atoms with Crippen molar-refractivity contribution in [1.29, 1.82) is 0 Å². The number of ether oxygens (including phenoxy) is 2. The predicted molar refractivity (Wildman–Crippen MR) is 57.2 cm³/mol. The Bertz CT molecular complexity index is 207. The zero-order valence-electron chi connectivity index (χ0n) is 9.53. The van der Waals surface area contributed by atoms with Crippen molar-refractivity contribution in [2.24, 2.45) is 0 Å². The summed E-state index contributed by atoms with van der Waals surface area (Å²) in [5.74, 6) is -0.871. The molecule has 0 aliphatic rings. The first-order valence-electron chi connectivity index (χ1n) is 5.30. The van der Waals surface area contributed by atoms with Crippen molar-refractivity contribution in [3.63, 3.8) is 0 Å². The fraction of sp³-hybridized carbons (Fsp3) is 0.800. The molecule has 6 heteroatoms. The maximum atomic E-state index is 10.8. The quantitative estimate of drug-likeness (QED) is 0.520. The summed E-state index contributed by atoms with van der Waals surface area (Å²) >= 11 is 0. The van der Waals surface area contributed by atoms with Gasteiger partial charge in [0.2, 0.25) is 5.91 Å². The van der Waals surface area contributed by atoms with Crippen LogP contribution in [-0.2, 0) is 19.1 Å². The highest BCUT2D eigenvalue weighted by Crippen LogP contribution is 1.83. The predicted octanol–water partition coefficient (Wildman–Crippen LogP) is 0.0205. The second-order valence-corrected chi connectivity index (χ2v) is 3.07. The minimum atomic E-state index is -0.872. The molecular weight excluding hydrogens is 214 g/mol. The van der Waals surface area contributed by atoms with Crippen molar-refractivity contribution in [1.82, 2.24) is 5.32 Å². The van der Waals surface area contributed by atoms with Gasteiger partial charge in [0, 0.05) is 13.0 Å². The first-order chi connectivity index (χ1) is 7.66. The molecule has 0 heterocycles. The average molecular weight is 233 g/mol. The second-order valence-electron chi connectivity index (χ2n) is 3.07. The highest BCUT2D eigenvalue weighted by molar-refractivity contribution is 5.75. The lowest BCUT2D eigenvalue weighted by Crippen LogP contribution is -2.26. The molecule has 0 spiro atoms. The molecule has 0 fully saturated rings. The maximum absolute atomic E-state index is 10.8. The van der Waals surface area contributed by atoms with E-state index in [4.69, 9.17) is 14.6 Å². The number of amides is 1. The lowest BCUT2D eigenvalue weighted by molar-refractivity contribution is -0.138. The van der Waals surface area contributed by atoms with Crippen molar-refractivity contribution < 1.29 is 24.2 Å². The summed E-state index contributed by atoms with van der Waals surface area (Å²) in [4.78, 5) is 20.9. The van der Waals surface area contributed by atoms with Crippen LogP contribution in [0.3, 0.4) is 0 Å². The molecule has 0 aromatic heterocycles. The fourth-order valence-electron chi connectivity index (χ4n) is 0.869. The van der Waals surface area contributed by atoms with Crippen LogP contribution in [0.5, 0.6) is 0 Å². The molecule has 0 atom stereocenters. The van der Waals surface area contributed by atoms with E-state index in [1.54, 1.807) is 6.92 Å². The Labute approximate surface area is 94.9 Å². The number of rotatable bonds is 10. The van der Waals surface area contributed by atoms with Gasteiger partial charge >= 0.3 is 5.97 Å². The molecule has 0 rings (SSSR count). The van der Waals surface area contributed by atoms with Gasteiger partial charge in [-0.1, -0.05) is 6.92 Å². The third kappa shape index (κ3) is 10.9. The molecule has 0 bridgehead atoms. The third-order valence-electron chi connectivity index (χ3n) is 1.72. The third-order valence-corrected chi connectivity index (χ3v) is 1.72. The van der Waals surface area contributed by atoms with Crippen LogP contribution in [0, 0.1) is 0 Å². The maximum Gasteiger partial charge on any atom is 0.305 e. The fourth-order valence-corrected chi connectivity index (χ4v) is 0.869. The van der Waals surface area contributed by atoms with Crippen molar-refractivity contribution in [3.05, 3.63) is 0 Å². The number of carboxylic acid groups (broad SMARTS) is 1. The SMILES string of the molecule is CCC(=O)NCCOCCOCCC(=O)O. The standard InChI is InChI=1S/C10H19NO5/c1-2-9(12)11-4-6-16-8-7-15-5-3-10(13)14/h2-8H2,1H3,(H,11,12)(H,13,14). The van der Waals surface area contributed by atoms with E-state index in [9.17, 15) is 9.59 Å². The average Bonchev–Trinajstić information content (AvgIpc) is 2.26. The van der Waals surface area contributed by atoms with Crippen molar-refractivity contribution in [3.8, 4) is 0 Å². The summed E-state index contributed by atoms with van der Waals surface area (Å²) in [5.41, 5.74) is 0. The summed E-state index contributed by atoms with van der Waals surface area (Å²) in [6, 6.07) is 0. The van der Waals surface area contributed by atoms with E-state index in [1.807, 2.05) is 0 Å². The zero-order chi connectivity index (χ0) is 12.2. The highest BCUT2D eigenvalue weighted by Gasteiger charge is 1.97. The van der Waals surface area contributed by atoms with Crippen molar-refractivity contribution in [2.45, 2.75) is 19.8 Å². The summed E-state index contributed by atoms with van der Waals surface area (Å²) in [7, 11) is 0. The lowest BCUT2D eigenvalue weighted by atomic mass is 10.4. The van der Waals surface area contributed by atoms with E-state index in [0.717, 1.165) is 0 Å². The monoisotopic (exact) mass is 233 g/mol. The summed E-state index contributed by atoms with van der Waals surface area (Å²) in [5, 5.41) is 11.0. The van der Waals surface area contributed by atoms with E-state index in [2.05, 4.69) is 5.32 Å². The van der Waals surface area contributed by atoms with E-state index in [1.165, 1.54) is 0 Å². The molecule has 0 aromatic carbocycles. The Kier molecular flexibility index (Phi) is 9.64. The normalized spacial score (nSPS) is 10.1. The first kappa shape index (κ1) is 14.9. The minimum absolute atomic E-state index is 0.00121. The van der Waals surface area contributed by atoms with Gasteiger partial charge in [-0.25, -0.2) is 0 Å². The van der Waals surface area contributed by atoms with Crippen LogP contribution in [0.15, 0.2) is 0 Å². The molecule has 0 saturated carbocycles. The molecule has 0 saturated heterocycles. The Morgan fingerprint density at radius 1 is 1.12 bits per heavy atom. The number of hydrogen-bond donors (Lipinski definition) is 2. The van der Waals surface area contributed by atoms with Gasteiger partial charge in [0.25, 0.3) is 0 Å². The molecule has 94 valence electrons. The van der Waals surface area contributed by atoms with Crippen LogP contribution in [0.2, 0.25) is 0 Å². The van der Waals surface area contributed by atoms with Crippen LogP contribution < -0.4 is 5.32 Å². The summed E-state index contributed by atoms with van der Waals surface area (Å²) in [6.07, 6.45) is 0.477. The lowest BCUT2D eigenvalue weighted by Gasteiger charge is -2.05. The highest BCUT2D eigenvalue weighted by atomic mass is 16.5. The molecule has 0 aliphatic heterocycles. The molecule has 0 radical (unpaired) electrons. The second kappa shape index (κ2) is 10.4. The minimum Gasteiger partial charge on any atom is -0.481 e. The molecule has 0 unspecified atom stereocenters.